The first-order valence-corrected chi connectivity index (χ1v) is 8.98. The highest BCUT2D eigenvalue weighted by Gasteiger charge is 2.09. The zero-order valence-corrected chi connectivity index (χ0v) is 15.9. The smallest absolute Gasteiger partial charge is 0.194 e. The lowest BCUT2D eigenvalue weighted by Gasteiger charge is -2.21. The fourth-order valence-corrected chi connectivity index (χ4v) is 3.18. The van der Waals surface area contributed by atoms with Gasteiger partial charge in [-0.3, -0.25) is 0 Å². The summed E-state index contributed by atoms with van der Waals surface area (Å²) in [6.07, 6.45) is 0. The van der Waals surface area contributed by atoms with E-state index in [9.17, 15) is 5.11 Å². The molecule has 6 heteroatoms. The summed E-state index contributed by atoms with van der Waals surface area (Å²) in [5, 5.41) is 16.4. The first-order chi connectivity index (χ1) is 11.4. The van der Waals surface area contributed by atoms with Crippen LogP contribution in [-0.4, -0.2) is 34.5 Å². The van der Waals surface area contributed by atoms with Gasteiger partial charge < -0.3 is 15.3 Å². The van der Waals surface area contributed by atoms with E-state index in [1.165, 1.54) is 0 Å². The van der Waals surface area contributed by atoms with Gasteiger partial charge in [0, 0.05) is 19.0 Å². The Morgan fingerprint density at radius 3 is 2.50 bits per heavy atom. The molecule has 2 N–H and O–H groups in total. The Balaban J connectivity index is 2.12. The van der Waals surface area contributed by atoms with Crippen LogP contribution in [0.1, 0.15) is 34.3 Å². The third-order valence-corrected chi connectivity index (χ3v) is 4.55. The Labute approximate surface area is 148 Å². The summed E-state index contributed by atoms with van der Waals surface area (Å²) in [4.78, 5) is 11.3. The Morgan fingerprint density at radius 2 is 1.96 bits per heavy atom. The molecule has 1 aromatic carbocycles. The highest BCUT2D eigenvalue weighted by molar-refractivity contribution is 7.09. The lowest BCUT2D eigenvalue weighted by molar-refractivity contribution is 0.466. The Hall–Kier alpha value is -2.08. The van der Waals surface area contributed by atoms with Crippen molar-refractivity contribution in [1.82, 2.24) is 15.2 Å². The maximum absolute atomic E-state index is 9.88. The van der Waals surface area contributed by atoms with Crippen LogP contribution in [0, 0.1) is 20.8 Å². The Bertz CT molecular complexity index is 701. The van der Waals surface area contributed by atoms with Crippen LogP contribution in [0.25, 0.3) is 0 Å². The Morgan fingerprint density at radius 1 is 1.29 bits per heavy atom. The number of nitrogens with zero attached hydrogens (tertiary/aromatic N) is 3. The van der Waals surface area contributed by atoms with Crippen molar-refractivity contribution in [2.24, 2.45) is 4.99 Å². The van der Waals surface area contributed by atoms with Gasteiger partial charge in [0.05, 0.1) is 23.8 Å². The van der Waals surface area contributed by atoms with E-state index < -0.39 is 0 Å². The van der Waals surface area contributed by atoms with Crippen molar-refractivity contribution in [3.63, 3.8) is 0 Å². The molecule has 24 heavy (non-hydrogen) atoms. The van der Waals surface area contributed by atoms with Crippen molar-refractivity contribution in [3.8, 4) is 5.75 Å². The van der Waals surface area contributed by atoms with Crippen molar-refractivity contribution in [2.45, 2.75) is 40.8 Å². The van der Waals surface area contributed by atoms with Crippen molar-refractivity contribution in [1.29, 1.82) is 0 Å². The molecule has 0 saturated carbocycles. The molecule has 2 rings (SSSR count). The molecule has 0 bridgehead atoms. The number of benzene rings is 1. The van der Waals surface area contributed by atoms with E-state index in [1.54, 1.807) is 11.3 Å². The van der Waals surface area contributed by atoms with E-state index >= 15 is 0 Å². The molecular formula is C18H26N4OS. The predicted molar refractivity (Wildman–Crippen MR) is 101 cm³/mol. The number of hydrogen-bond donors (Lipinski definition) is 2. The van der Waals surface area contributed by atoms with Gasteiger partial charge in [-0.25, -0.2) is 9.98 Å². The van der Waals surface area contributed by atoms with Gasteiger partial charge >= 0.3 is 0 Å². The molecule has 0 aliphatic rings. The Kier molecular flexibility index (Phi) is 6.20. The number of phenols is 1. The zero-order valence-electron chi connectivity index (χ0n) is 15.1. The molecule has 0 spiro atoms. The van der Waals surface area contributed by atoms with Crippen LogP contribution in [-0.2, 0) is 13.1 Å². The lowest BCUT2D eigenvalue weighted by Crippen LogP contribution is -2.38. The molecule has 0 aliphatic heterocycles. The number of aromatic hydroxyl groups is 1. The van der Waals surface area contributed by atoms with Gasteiger partial charge in [-0.15, -0.1) is 11.3 Å². The lowest BCUT2D eigenvalue weighted by atomic mass is 10.1. The molecule has 0 unspecified atom stereocenters. The minimum Gasteiger partial charge on any atom is -0.507 e. The molecule has 1 aromatic heterocycles. The van der Waals surface area contributed by atoms with Crippen LogP contribution in [0.3, 0.4) is 0 Å². The number of rotatable bonds is 5. The summed E-state index contributed by atoms with van der Waals surface area (Å²) >= 11 is 1.66. The average molecular weight is 347 g/mol. The van der Waals surface area contributed by atoms with E-state index in [0.29, 0.717) is 12.3 Å². The first-order valence-electron chi connectivity index (χ1n) is 8.10. The maximum atomic E-state index is 9.88. The number of aliphatic imine (C=N–C) groups is 1. The second kappa shape index (κ2) is 8.15. The van der Waals surface area contributed by atoms with E-state index in [-0.39, 0.29) is 0 Å². The molecule has 0 atom stereocenters. The largest absolute Gasteiger partial charge is 0.507 e. The summed E-state index contributed by atoms with van der Waals surface area (Å²) in [6, 6.07) is 3.97. The molecule has 0 amide bonds. The zero-order chi connectivity index (χ0) is 17.7. The maximum Gasteiger partial charge on any atom is 0.194 e. The number of aryl methyl sites for hydroxylation is 3. The second-order valence-corrected chi connectivity index (χ2v) is 7.02. The minimum absolute atomic E-state index is 0.366. The fraction of sp³-hybridized carbons (Fsp3) is 0.444. The molecule has 130 valence electrons. The SMILES string of the molecule is CCNC(=NCc1cc(C)c(O)c(C)c1)N(C)Cc1csc(C)n1. The van der Waals surface area contributed by atoms with Crippen LogP contribution in [0.15, 0.2) is 22.5 Å². The first kappa shape index (κ1) is 18.3. The van der Waals surface area contributed by atoms with Crippen molar-refractivity contribution in [3.05, 3.63) is 44.9 Å². The van der Waals surface area contributed by atoms with Gasteiger partial charge in [-0.05, 0) is 44.4 Å². The van der Waals surface area contributed by atoms with Crippen molar-refractivity contribution < 1.29 is 5.11 Å². The number of aromatic nitrogens is 1. The molecular weight excluding hydrogens is 320 g/mol. The van der Waals surface area contributed by atoms with E-state index in [0.717, 1.165) is 46.4 Å². The van der Waals surface area contributed by atoms with Crippen molar-refractivity contribution in [2.75, 3.05) is 13.6 Å². The topological polar surface area (TPSA) is 60.8 Å². The van der Waals surface area contributed by atoms with Gasteiger partial charge in [-0.2, -0.15) is 0 Å². The molecule has 1 heterocycles. The molecule has 5 nitrogen and oxygen atoms in total. The van der Waals surface area contributed by atoms with Gasteiger partial charge in [0.25, 0.3) is 0 Å². The minimum atomic E-state index is 0.366. The second-order valence-electron chi connectivity index (χ2n) is 5.96. The monoisotopic (exact) mass is 346 g/mol. The van der Waals surface area contributed by atoms with Crippen molar-refractivity contribution >= 4 is 17.3 Å². The number of thiazole rings is 1. The van der Waals surface area contributed by atoms with E-state index in [1.807, 2.05) is 40.0 Å². The molecule has 2 aromatic rings. The average Bonchev–Trinajstić information content (AvgIpc) is 2.93. The third kappa shape index (κ3) is 4.71. The molecule has 0 radical (unpaired) electrons. The van der Waals surface area contributed by atoms with Crippen LogP contribution in [0.2, 0.25) is 0 Å². The van der Waals surface area contributed by atoms with E-state index in [2.05, 4.69) is 27.5 Å². The highest BCUT2D eigenvalue weighted by Crippen LogP contribution is 2.23. The van der Waals surface area contributed by atoms with Crippen LogP contribution < -0.4 is 5.32 Å². The summed E-state index contributed by atoms with van der Waals surface area (Å²) in [5.74, 6) is 1.22. The van der Waals surface area contributed by atoms with Gasteiger partial charge in [0.15, 0.2) is 5.96 Å². The quantitative estimate of drug-likeness (QED) is 0.644. The number of hydrogen-bond acceptors (Lipinski definition) is 4. The highest BCUT2D eigenvalue weighted by atomic mass is 32.1. The standard InChI is InChI=1S/C18H26N4OS/c1-6-19-18(22(5)10-16-11-24-14(4)21-16)20-9-15-7-12(2)17(23)13(3)8-15/h7-8,11,23H,6,9-10H2,1-5H3,(H,19,20). The van der Waals surface area contributed by atoms with Gasteiger partial charge in [-0.1, -0.05) is 12.1 Å². The fourth-order valence-electron chi connectivity index (χ4n) is 2.57. The third-order valence-electron chi connectivity index (χ3n) is 3.72. The predicted octanol–water partition coefficient (Wildman–Crippen LogP) is 3.37. The number of nitrogens with one attached hydrogen (secondary N) is 1. The normalized spacial score (nSPS) is 11.6. The summed E-state index contributed by atoms with van der Waals surface area (Å²) in [6.45, 7) is 10.0. The van der Waals surface area contributed by atoms with Gasteiger partial charge in [0.1, 0.15) is 5.75 Å². The van der Waals surface area contributed by atoms with E-state index in [4.69, 9.17) is 4.99 Å². The number of guanidine groups is 1. The van der Waals surface area contributed by atoms with Crippen LogP contribution in [0.5, 0.6) is 5.75 Å². The summed E-state index contributed by atoms with van der Waals surface area (Å²) < 4.78 is 0. The summed E-state index contributed by atoms with van der Waals surface area (Å²) in [5.41, 5.74) is 3.92. The van der Waals surface area contributed by atoms with Gasteiger partial charge in [0.2, 0.25) is 0 Å². The van der Waals surface area contributed by atoms with Crippen LogP contribution >= 0.6 is 11.3 Å². The summed E-state index contributed by atoms with van der Waals surface area (Å²) in [7, 11) is 2.02. The molecule has 0 aliphatic carbocycles. The molecule has 0 saturated heterocycles. The van der Waals surface area contributed by atoms with Crippen LogP contribution in [0.4, 0.5) is 0 Å². The number of phenolic OH excluding ortho intramolecular Hbond substituents is 1. The molecule has 0 fully saturated rings.